The summed E-state index contributed by atoms with van der Waals surface area (Å²) in [4.78, 5) is 35.4. The number of nitrogens with zero attached hydrogens (tertiary/aromatic N) is 1. The zero-order valence-electron chi connectivity index (χ0n) is 11.6. The smallest absolute Gasteiger partial charge is 0.326 e. The molecule has 0 spiro atoms. The molecule has 0 aromatic heterocycles. The molecule has 0 saturated carbocycles. The highest BCUT2D eigenvalue weighted by molar-refractivity contribution is 5.83. The number of urea groups is 1. The van der Waals surface area contributed by atoms with Crippen molar-refractivity contribution >= 4 is 17.9 Å². The van der Waals surface area contributed by atoms with Gasteiger partial charge in [-0.3, -0.25) is 4.79 Å². The molecule has 8 nitrogen and oxygen atoms in total. The predicted octanol–water partition coefficient (Wildman–Crippen LogP) is -1.04. The molecule has 0 bridgehead atoms. The zero-order valence-corrected chi connectivity index (χ0v) is 11.6. The van der Waals surface area contributed by atoms with Gasteiger partial charge < -0.3 is 26.4 Å². The summed E-state index contributed by atoms with van der Waals surface area (Å²) in [5.41, 5.74) is 4.96. The van der Waals surface area contributed by atoms with Crippen molar-refractivity contribution in [2.45, 2.75) is 25.3 Å². The van der Waals surface area contributed by atoms with Gasteiger partial charge in [0.2, 0.25) is 5.91 Å². The average Bonchev–Trinajstić information content (AvgIpc) is 2.77. The second-order valence-corrected chi connectivity index (χ2v) is 5.17. The van der Waals surface area contributed by atoms with Gasteiger partial charge in [0.05, 0.1) is 0 Å². The van der Waals surface area contributed by atoms with Crippen LogP contribution in [0.25, 0.3) is 0 Å². The average molecular weight is 286 g/mol. The van der Waals surface area contributed by atoms with E-state index in [4.69, 9.17) is 10.8 Å². The number of amides is 3. The van der Waals surface area contributed by atoms with Crippen molar-refractivity contribution in [1.82, 2.24) is 15.5 Å². The summed E-state index contributed by atoms with van der Waals surface area (Å²) in [5, 5.41) is 13.9. The van der Waals surface area contributed by atoms with Gasteiger partial charge in [-0.05, 0) is 32.4 Å². The predicted molar refractivity (Wildman–Crippen MR) is 72.0 cm³/mol. The highest BCUT2D eigenvalue weighted by Gasteiger charge is 2.22. The third-order valence-electron chi connectivity index (χ3n) is 3.32. The number of nitrogens with one attached hydrogen (secondary N) is 2. The second kappa shape index (κ2) is 7.68. The molecule has 114 valence electrons. The molecule has 1 unspecified atom stereocenters. The van der Waals surface area contributed by atoms with Crippen LogP contribution in [0.5, 0.6) is 0 Å². The monoisotopic (exact) mass is 286 g/mol. The Balaban J connectivity index is 2.30. The molecule has 1 saturated heterocycles. The highest BCUT2D eigenvalue weighted by Crippen LogP contribution is 2.12. The summed E-state index contributed by atoms with van der Waals surface area (Å²) < 4.78 is 0. The van der Waals surface area contributed by atoms with Crippen molar-refractivity contribution in [2.75, 3.05) is 26.7 Å². The number of rotatable bonds is 7. The Morgan fingerprint density at radius 1 is 1.45 bits per heavy atom. The first kappa shape index (κ1) is 16.2. The Morgan fingerprint density at radius 3 is 2.65 bits per heavy atom. The van der Waals surface area contributed by atoms with Gasteiger partial charge in [-0.25, -0.2) is 9.59 Å². The maximum absolute atomic E-state index is 11.6. The van der Waals surface area contributed by atoms with Crippen LogP contribution in [-0.4, -0.2) is 60.6 Å². The van der Waals surface area contributed by atoms with E-state index in [1.54, 1.807) is 0 Å². The molecule has 8 heteroatoms. The third-order valence-corrected chi connectivity index (χ3v) is 3.32. The number of aliphatic carboxylic acids is 1. The molecule has 20 heavy (non-hydrogen) atoms. The first-order valence-corrected chi connectivity index (χ1v) is 6.62. The topological polar surface area (TPSA) is 125 Å². The molecule has 5 N–H and O–H groups in total. The van der Waals surface area contributed by atoms with Gasteiger partial charge in [-0.15, -0.1) is 0 Å². The van der Waals surface area contributed by atoms with Crippen molar-refractivity contribution in [1.29, 1.82) is 0 Å². The Kier molecular flexibility index (Phi) is 6.23. The van der Waals surface area contributed by atoms with E-state index >= 15 is 0 Å². The van der Waals surface area contributed by atoms with E-state index in [1.165, 1.54) is 0 Å². The number of carboxylic acids is 1. The summed E-state index contributed by atoms with van der Waals surface area (Å²) >= 11 is 0. The van der Waals surface area contributed by atoms with E-state index in [2.05, 4.69) is 15.5 Å². The van der Waals surface area contributed by atoms with Crippen LogP contribution in [0.2, 0.25) is 0 Å². The molecule has 3 amide bonds. The third kappa shape index (κ3) is 5.87. The van der Waals surface area contributed by atoms with Crippen molar-refractivity contribution in [2.24, 2.45) is 11.7 Å². The lowest BCUT2D eigenvalue weighted by Gasteiger charge is -2.16. The number of primary amides is 1. The summed E-state index contributed by atoms with van der Waals surface area (Å²) in [7, 11) is 2.02. The van der Waals surface area contributed by atoms with Gasteiger partial charge in [0.25, 0.3) is 0 Å². The lowest BCUT2D eigenvalue weighted by molar-refractivity contribution is -0.139. The van der Waals surface area contributed by atoms with E-state index in [0.29, 0.717) is 12.5 Å². The molecule has 0 aromatic carbocycles. The fourth-order valence-corrected chi connectivity index (χ4v) is 2.18. The second-order valence-electron chi connectivity index (χ2n) is 5.17. The van der Waals surface area contributed by atoms with E-state index in [-0.39, 0.29) is 12.8 Å². The van der Waals surface area contributed by atoms with Gasteiger partial charge in [-0.1, -0.05) is 0 Å². The van der Waals surface area contributed by atoms with Gasteiger partial charge >= 0.3 is 12.0 Å². The van der Waals surface area contributed by atoms with Gasteiger partial charge in [0.1, 0.15) is 6.04 Å². The lowest BCUT2D eigenvalue weighted by Crippen LogP contribution is -2.47. The number of hydrogen-bond donors (Lipinski definition) is 4. The molecular weight excluding hydrogens is 264 g/mol. The maximum atomic E-state index is 11.6. The van der Waals surface area contributed by atoms with Crippen LogP contribution in [0.1, 0.15) is 19.3 Å². The van der Waals surface area contributed by atoms with E-state index in [9.17, 15) is 14.4 Å². The number of likely N-dealkylation sites (tertiary alicyclic amines) is 1. The minimum absolute atomic E-state index is 0.00967. The van der Waals surface area contributed by atoms with Gasteiger partial charge in [0.15, 0.2) is 0 Å². The zero-order chi connectivity index (χ0) is 15.1. The number of carbonyl (C=O) groups is 3. The number of nitrogens with two attached hydrogens (primary N) is 1. The molecule has 1 aliphatic heterocycles. The Bertz CT molecular complexity index is 374. The summed E-state index contributed by atoms with van der Waals surface area (Å²) in [6, 6.07) is -1.63. The fraction of sp³-hybridized carbons (Fsp3) is 0.750. The standard InChI is InChI=1S/C12H22N4O4/c1-16-5-4-8(7-16)6-14-12(20)15-9(11(18)19)2-3-10(13)17/h8-9H,2-7H2,1H3,(H2,13,17)(H,18,19)(H2,14,15,20)/t8?,9-/m0/s1. The van der Waals surface area contributed by atoms with Crippen LogP contribution in [0.4, 0.5) is 4.79 Å². The van der Waals surface area contributed by atoms with Crippen molar-refractivity contribution < 1.29 is 19.5 Å². The molecule has 1 heterocycles. The minimum Gasteiger partial charge on any atom is -0.480 e. The van der Waals surface area contributed by atoms with Crippen LogP contribution in [0.15, 0.2) is 0 Å². The summed E-state index contributed by atoms with van der Waals surface area (Å²) in [5.74, 6) is -1.38. The van der Waals surface area contributed by atoms with Gasteiger partial charge in [-0.2, -0.15) is 0 Å². The lowest BCUT2D eigenvalue weighted by atomic mass is 10.1. The molecule has 1 fully saturated rings. The Hall–Kier alpha value is -1.83. The molecule has 2 atom stereocenters. The molecule has 1 aliphatic rings. The van der Waals surface area contributed by atoms with Crippen LogP contribution in [0.3, 0.4) is 0 Å². The van der Waals surface area contributed by atoms with Crippen molar-refractivity contribution in [3.63, 3.8) is 0 Å². The number of carboxylic acid groups (broad SMARTS) is 1. The molecule has 0 aliphatic carbocycles. The highest BCUT2D eigenvalue weighted by atomic mass is 16.4. The fourth-order valence-electron chi connectivity index (χ4n) is 2.18. The largest absolute Gasteiger partial charge is 0.480 e. The van der Waals surface area contributed by atoms with E-state index in [0.717, 1.165) is 19.5 Å². The quantitative estimate of drug-likeness (QED) is 0.475. The molecule has 0 radical (unpaired) electrons. The van der Waals surface area contributed by atoms with Crippen LogP contribution >= 0.6 is 0 Å². The van der Waals surface area contributed by atoms with Crippen LogP contribution in [-0.2, 0) is 9.59 Å². The molecule has 1 rings (SSSR count). The first-order valence-electron chi connectivity index (χ1n) is 6.62. The van der Waals surface area contributed by atoms with Crippen molar-refractivity contribution in [3.05, 3.63) is 0 Å². The Morgan fingerprint density at radius 2 is 2.15 bits per heavy atom. The van der Waals surface area contributed by atoms with Crippen molar-refractivity contribution in [3.8, 4) is 0 Å². The summed E-state index contributed by atoms with van der Waals surface area (Å²) in [6.45, 7) is 2.44. The number of hydrogen-bond acceptors (Lipinski definition) is 4. The molecular formula is C12H22N4O4. The number of carbonyl (C=O) groups excluding carboxylic acids is 2. The van der Waals surface area contributed by atoms with E-state index in [1.807, 2.05) is 7.05 Å². The maximum Gasteiger partial charge on any atom is 0.326 e. The SMILES string of the molecule is CN1CCC(CNC(=O)N[C@@H](CCC(N)=O)C(=O)O)C1. The minimum atomic E-state index is -1.18. The van der Waals surface area contributed by atoms with E-state index < -0.39 is 23.9 Å². The Labute approximate surface area is 117 Å². The molecule has 0 aromatic rings. The normalized spacial score (nSPS) is 20.4. The van der Waals surface area contributed by atoms with Gasteiger partial charge in [0, 0.05) is 19.5 Å². The van der Waals surface area contributed by atoms with Crippen LogP contribution in [0, 0.1) is 5.92 Å². The first-order chi connectivity index (χ1) is 9.38. The summed E-state index contributed by atoms with van der Waals surface area (Å²) in [6.07, 6.45) is 0.926. The van der Waals surface area contributed by atoms with Crippen LogP contribution < -0.4 is 16.4 Å².